The van der Waals surface area contributed by atoms with Crippen molar-refractivity contribution in [3.8, 4) is 6.07 Å². The summed E-state index contributed by atoms with van der Waals surface area (Å²) in [5.41, 5.74) is 0. The van der Waals surface area contributed by atoms with Crippen molar-refractivity contribution in [3.05, 3.63) is 29.8 Å². The number of halogens is 2. The molecule has 0 aliphatic heterocycles. The molecule has 0 spiro atoms. The molecule has 4 nitrogen and oxygen atoms in total. The zero-order chi connectivity index (χ0) is 15.5. The molecular weight excluding hydrogens is 298 g/mol. The number of sulfonamides is 1. The molecule has 1 atom stereocenters. The van der Waals surface area contributed by atoms with E-state index in [0.717, 1.165) is 44.2 Å². The van der Waals surface area contributed by atoms with Gasteiger partial charge in [0.1, 0.15) is 22.6 Å². The van der Waals surface area contributed by atoms with Gasteiger partial charge in [-0.1, -0.05) is 19.3 Å². The maximum atomic E-state index is 13.6. The van der Waals surface area contributed by atoms with Crippen LogP contribution in [0.2, 0.25) is 0 Å². The number of nitrogens with zero attached hydrogens (tertiary/aromatic N) is 1. The molecule has 1 unspecified atom stereocenters. The molecule has 1 aliphatic rings. The molecule has 21 heavy (non-hydrogen) atoms. The van der Waals surface area contributed by atoms with E-state index in [2.05, 4.69) is 4.72 Å². The van der Waals surface area contributed by atoms with Crippen molar-refractivity contribution in [2.45, 2.75) is 43.0 Å². The van der Waals surface area contributed by atoms with Gasteiger partial charge in [0.15, 0.2) is 0 Å². The second-order valence-electron chi connectivity index (χ2n) is 5.20. The highest BCUT2D eigenvalue weighted by atomic mass is 32.2. The lowest BCUT2D eigenvalue weighted by atomic mass is 9.85. The van der Waals surface area contributed by atoms with Crippen LogP contribution in [0.5, 0.6) is 0 Å². The number of nitrogens with one attached hydrogen (secondary N) is 1. The first-order chi connectivity index (χ1) is 9.94. The smallest absolute Gasteiger partial charge is 0.207 e. The fourth-order valence-electron chi connectivity index (χ4n) is 2.62. The van der Waals surface area contributed by atoms with Crippen LogP contribution in [0.4, 0.5) is 8.78 Å². The zero-order valence-electron chi connectivity index (χ0n) is 11.4. The molecule has 0 bridgehead atoms. The van der Waals surface area contributed by atoms with Crippen LogP contribution in [0.15, 0.2) is 23.1 Å². The molecule has 7 heteroatoms. The van der Waals surface area contributed by atoms with Gasteiger partial charge in [0.25, 0.3) is 0 Å². The fourth-order valence-corrected chi connectivity index (χ4v) is 3.89. The summed E-state index contributed by atoms with van der Waals surface area (Å²) in [4.78, 5) is -0.639. The van der Waals surface area contributed by atoms with Gasteiger partial charge in [0.05, 0.1) is 6.07 Å². The maximum absolute atomic E-state index is 13.6. The Morgan fingerprint density at radius 3 is 2.48 bits per heavy atom. The Balaban J connectivity index is 2.21. The van der Waals surface area contributed by atoms with Crippen LogP contribution in [0.1, 0.15) is 32.1 Å². The Hall–Kier alpha value is -1.52. The van der Waals surface area contributed by atoms with Crippen molar-refractivity contribution in [3.63, 3.8) is 0 Å². The molecule has 1 aromatic carbocycles. The van der Waals surface area contributed by atoms with Gasteiger partial charge in [-0.3, -0.25) is 0 Å². The maximum Gasteiger partial charge on any atom is 0.244 e. The van der Waals surface area contributed by atoms with E-state index in [0.29, 0.717) is 6.07 Å². The van der Waals surface area contributed by atoms with E-state index >= 15 is 0 Å². The van der Waals surface area contributed by atoms with Crippen molar-refractivity contribution in [2.24, 2.45) is 5.92 Å². The summed E-state index contributed by atoms with van der Waals surface area (Å²) >= 11 is 0. The molecule has 0 aromatic heterocycles. The van der Waals surface area contributed by atoms with Gasteiger partial charge in [-0.25, -0.2) is 17.2 Å². The number of hydrogen-bond donors (Lipinski definition) is 1. The molecule has 0 saturated heterocycles. The highest BCUT2D eigenvalue weighted by Gasteiger charge is 2.29. The minimum absolute atomic E-state index is 0.0676. The lowest BCUT2D eigenvalue weighted by Crippen LogP contribution is -2.40. The van der Waals surface area contributed by atoms with Gasteiger partial charge in [-0.05, 0) is 30.9 Å². The molecule has 0 radical (unpaired) electrons. The molecule has 1 saturated carbocycles. The van der Waals surface area contributed by atoms with Crippen LogP contribution < -0.4 is 4.72 Å². The lowest BCUT2D eigenvalue weighted by molar-refractivity contribution is 0.323. The van der Waals surface area contributed by atoms with E-state index < -0.39 is 32.6 Å². The summed E-state index contributed by atoms with van der Waals surface area (Å²) in [6, 6.07) is 3.30. The summed E-state index contributed by atoms with van der Waals surface area (Å²) < 4.78 is 53.0. The van der Waals surface area contributed by atoms with Crippen LogP contribution in [-0.2, 0) is 10.0 Å². The second kappa shape index (κ2) is 6.50. The molecule has 0 heterocycles. The molecule has 2 rings (SSSR count). The third-order valence-corrected chi connectivity index (χ3v) is 5.20. The summed E-state index contributed by atoms with van der Waals surface area (Å²) in [5, 5.41) is 9.17. The number of nitriles is 1. The van der Waals surface area contributed by atoms with Gasteiger partial charge in [0.2, 0.25) is 10.0 Å². The van der Waals surface area contributed by atoms with E-state index in [1.54, 1.807) is 0 Å². The number of rotatable bonds is 4. The SMILES string of the molecule is N#CC(NS(=O)(=O)c1ccc(F)cc1F)C1CCCCC1. The van der Waals surface area contributed by atoms with E-state index in [9.17, 15) is 22.5 Å². The second-order valence-corrected chi connectivity index (χ2v) is 6.88. The van der Waals surface area contributed by atoms with Gasteiger partial charge in [-0.15, -0.1) is 0 Å². The molecular formula is C14H16F2N2O2S. The number of benzene rings is 1. The Bertz CT molecular complexity index is 649. The van der Waals surface area contributed by atoms with Crippen molar-refractivity contribution >= 4 is 10.0 Å². The molecule has 1 aromatic rings. The van der Waals surface area contributed by atoms with Crippen molar-refractivity contribution in [1.29, 1.82) is 5.26 Å². The Morgan fingerprint density at radius 1 is 1.24 bits per heavy atom. The third kappa shape index (κ3) is 3.77. The first-order valence-corrected chi connectivity index (χ1v) is 8.29. The molecule has 0 amide bonds. The van der Waals surface area contributed by atoms with Gasteiger partial charge in [-0.2, -0.15) is 9.98 Å². The van der Waals surface area contributed by atoms with Crippen LogP contribution in [0, 0.1) is 28.9 Å². The van der Waals surface area contributed by atoms with Gasteiger partial charge < -0.3 is 0 Å². The monoisotopic (exact) mass is 314 g/mol. The van der Waals surface area contributed by atoms with Crippen molar-refractivity contribution in [2.75, 3.05) is 0 Å². The fraction of sp³-hybridized carbons (Fsp3) is 0.500. The van der Waals surface area contributed by atoms with Crippen LogP contribution >= 0.6 is 0 Å². The van der Waals surface area contributed by atoms with E-state index in [4.69, 9.17) is 0 Å². The first-order valence-electron chi connectivity index (χ1n) is 6.81. The van der Waals surface area contributed by atoms with Crippen LogP contribution in [0.25, 0.3) is 0 Å². The zero-order valence-corrected chi connectivity index (χ0v) is 12.2. The van der Waals surface area contributed by atoms with Crippen LogP contribution in [0.3, 0.4) is 0 Å². The third-order valence-electron chi connectivity index (χ3n) is 3.73. The summed E-state index contributed by atoms with van der Waals surface area (Å²) in [6.45, 7) is 0. The summed E-state index contributed by atoms with van der Waals surface area (Å²) in [7, 11) is -4.18. The summed E-state index contributed by atoms with van der Waals surface area (Å²) in [6.07, 6.45) is 4.53. The Kier molecular flexibility index (Phi) is 4.91. The van der Waals surface area contributed by atoms with E-state index in [1.807, 2.05) is 6.07 Å². The van der Waals surface area contributed by atoms with Crippen molar-refractivity contribution in [1.82, 2.24) is 4.72 Å². The minimum Gasteiger partial charge on any atom is -0.207 e. The predicted octanol–water partition coefficient (Wildman–Crippen LogP) is 2.72. The van der Waals surface area contributed by atoms with E-state index in [-0.39, 0.29) is 5.92 Å². The molecule has 1 fully saturated rings. The Labute approximate surface area is 122 Å². The van der Waals surface area contributed by atoms with Gasteiger partial charge >= 0.3 is 0 Å². The first kappa shape index (κ1) is 15.9. The average molecular weight is 314 g/mol. The highest BCUT2D eigenvalue weighted by Crippen LogP contribution is 2.27. The van der Waals surface area contributed by atoms with Gasteiger partial charge in [0, 0.05) is 6.07 Å². The molecule has 114 valence electrons. The largest absolute Gasteiger partial charge is 0.244 e. The quantitative estimate of drug-likeness (QED) is 0.929. The highest BCUT2D eigenvalue weighted by molar-refractivity contribution is 7.89. The molecule has 1 aliphatic carbocycles. The summed E-state index contributed by atoms with van der Waals surface area (Å²) in [5.74, 6) is -2.08. The minimum atomic E-state index is -4.18. The topological polar surface area (TPSA) is 70.0 Å². The van der Waals surface area contributed by atoms with Crippen molar-refractivity contribution < 1.29 is 17.2 Å². The van der Waals surface area contributed by atoms with Crippen LogP contribution in [-0.4, -0.2) is 14.5 Å². The Morgan fingerprint density at radius 2 is 1.90 bits per heavy atom. The standard InChI is InChI=1S/C14H16F2N2O2S/c15-11-6-7-14(12(16)8-11)21(19,20)18-13(9-17)10-4-2-1-3-5-10/h6-8,10,13,18H,1-5H2. The van der Waals surface area contributed by atoms with E-state index in [1.165, 1.54) is 0 Å². The molecule has 1 N–H and O–H groups in total. The lowest BCUT2D eigenvalue weighted by Gasteiger charge is -2.26. The average Bonchev–Trinajstić information content (AvgIpc) is 2.45. The normalized spacial score (nSPS) is 18.1. The predicted molar refractivity (Wildman–Crippen MR) is 72.7 cm³/mol. The number of hydrogen-bond acceptors (Lipinski definition) is 3.